The summed E-state index contributed by atoms with van der Waals surface area (Å²) in [6.07, 6.45) is 4.25. The molecule has 142 valence electrons. The number of carboxylic acid groups (broad SMARTS) is 1. The van der Waals surface area contributed by atoms with E-state index >= 15 is 0 Å². The number of unbranched alkanes of at least 4 members (excludes halogenated alkanes) is 2. The molecule has 2 atom stereocenters. The van der Waals surface area contributed by atoms with Crippen LogP contribution in [0.3, 0.4) is 0 Å². The molecule has 2 N–H and O–H groups in total. The van der Waals surface area contributed by atoms with Crippen molar-refractivity contribution in [2.75, 3.05) is 13.1 Å². The van der Waals surface area contributed by atoms with E-state index < -0.39 is 23.8 Å². The number of hydrogen-bond acceptors (Lipinski definition) is 4. The number of aliphatic carboxylic acids is 1. The predicted octanol–water partition coefficient (Wildman–Crippen LogP) is 2.07. The summed E-state index contributed by atoms with van der Waals surface area (Å²) in [5, 5.41) is 12.9. The number of rotatable bonds is 7. The van der Waals surface area contributed by atoms with E-state index in [0.29, 0.717) is 12.1 Å². The lowest BCUT2D eigenvalue weighted by molar-refractivity contribution is -0.142. The Hall–Kier alpha value is -2.96. The van der Waals surface area contributed by atoms with E-state index in [1.807, 2.05) is 24.3 Å². The van der Waals surface area contributed by atoms with E-state index in [2.05, 4.69) is 17.2 Å². The molecule has 1 aromatic carbocycles. The van der Waals surface area contributed by atoms with Crippen molar-refractivity contribution in [3.8, 4) is 0 Å². The smallest absolute Gasteiger partial charge is 0.310 e. The van der Waals surface area contributed by atoms with Gasteiger partial charge in [0.15, 0.2) is 0 Å². The molecule has 1 fully saturated rings. The molecular formula is C20H23N3O4. The number of carbonyl (C=O) groups excluding carboxylic acids is 2. The summed E-state index contributed by atoms with van der Waals surface area (Å²) in [5.74, 6) is -2.85. The van der Waals surface area contributed by atoms with Gasteiger partial charge in [0.2, 0.25) is 5.91 Å². The van der Waals surface area contributed by atoms with Gasteiger partial charge in [-0.3, -0.25) is 19.4 Å². The van der Waals surface area contributed by atoms with Gasteiger partial charge in [-0.25, -0.2) is 0 Å². The van der Waals surface area contributed by atoms with E-state index in [9.17, 15) is 19.5 Å². The third-order valence-corrected chi connectivity index (χ3v) is 4.89. The number of fused-ring (bicyclic) bond motifs is 1. The summed E-state index contributed by atoms with van der Waals surface area (Å²) in [6.45, 7) is 2.70. The standard InChI is InChI=1S/C20H23N3O4/c1-2-3-6-9-23-12-15(20(26)27)17(19(23)25)22-18(24)14-10-13-7-4-5-8-16(13)21-11-14/h4-5,7-8,10-11,15,17H,2-3,6,9,12H2,1H3,(H,22,24)(H,26,27). The summed E-state index contributed by atoms with van der Waals surface area (Å²) in [7, 11) is 0. The van der Waals surface area contributed by atoms with Gasteiger partial charge in [-0.15, -0.1) is 0 Å². The number of para-hydroxylation sites is 1. The topological polar surface area (TPSA) is 99.6 Å². The molecule has 2 unspecified atom stereocenters. The number of benzene rings is 1. The van der Waals surface area contributed by atoms with Gasteiger partial charge in [0.1, 0.15) is 12.0 Å². The van der Waals surface area contributed by atoms with Crippen molar-refractivity contribution in [2.45, 2.75) is 32.2 Å². The zero-order chi connectivity index (χ0) is 19.4. The Morgan fingerprint density at radius 1 is 1.30 bits per heavy atom. The second kappa shape index (κ2) is 8.16. The second-order valence-electron chi connectivity index (χ2n) is 6.80. The Labute approximate surface area is 157 Å². The number of nitrogens with one attached hydrogen (secondary N) is 1. The van der Waals surface area contributed by atoms with E-state index in [-0.39, 0.29) is 12.5 Å². The Bertz CT molecular complexity index is 867. The minimum absolute atomic E-state index is 0.124. The fraction of sp³-hybridized carbons (Fsp3) is 0.400. The van der Waals surface area contributed by atoms with Crippen LogP contribution < -0.4 is 5.32 Å². The Kier molecular flexibility index (Phi) is 5.69. The van der Waals surface area contributed by atoms with Crippen molar-refractivity contribution in [3.05, 3.63) is 42.1 Å². The van der Waals surface area contributed by atoms with E-state index in [1.165, 1.54) is 11.1 Å². The maximum atomic E-state index is 12.6. The van der Waals surface area contributed by atoms with Crippen LogP contribution in [0.5, 0.6) is 0 Å². The minimum atomic E-state index is -1.08. The first-order valence-electron chi connectivity index (χ1n) is 9.18. The van der Waals surface area contributed by atoms with Crippen LogP contribution in [-0.4, -0.2) is 51.9 Å². The maximum absolute atomic E-state index is 12.6. The van der Waals surface area contributed by atoms with Gasteiger partial charge in [0.25, 0.3) is 5.91 Å². The molecule has 1 aliphatic rings. The number of aromatic nitrogens is 1. The summed E-state index contributed by atoms with van der Waals surface area (Å²) in [4.78, 5) is 42.6. The Morgan fingerprint density at radius 2 is 2.07 bits per heavy atom. The number of carbonyl (C=O) groups is 3. The lowest BCUT2D eigenvalue weighted by atomic mass is 10.0. The van der Waals surface area contributed by atoms with Gasteiger partial charge in [0, 0.05) is 24.7 Å². The third kappa shape index (κ3) is 4.07. The minimum Gasteiger partial charge on any atom is -0.481 e. The molecule has 0 radical (unpaired) electrons. The van der Waals surface area contributed by atoms with Crippen LogP contribution >= 0.6 is 0 Å². The molecule has 27 heavy (non-hydrogen) atoms. The average molecular weight is 369 g/mol. The molecule has 0 saturated carbocycles. The highest BCUT2D eigenvalue weighted by molar-refractivity contribution is 6.01. The number of hydrogen-bond donors (Lipinski definition) is 2. The summed E-state index contributed by atoms with van der Waals surface area (Å²) >= 11 is 0. The molecule has 2 aromatic rings. The van der Waals surface area contributed by atoms with E-state index in [4.69, 9.17) is 0 Å². The highest BCUT2D eigenvalue weighted by atomic mass is 16.4. The highest BCUT2D eigenvalue weighted by Gasteiger charge is 2.45. The number of amides is 2. The molecule has 2 heterocycles. The van der Waals surface area contributed by atoms with Crippen molar-refractivity contribution in [3.63, 3.8) is 0 Å². The van der Waals surface area contributed by atoms with Gasteiger partial charge in [-0.1, -0.05) is 38.0 Å². The second-order valence-corrected chi connectivity index (χ2v) is 6.80. The van der Waals surface area contributed by atoms with Gasteiger partial charge in [-0.2, -0.15) is 0 Å². The van der Waals surface area contributed by atoms with Gasteiger partial charge >= 0.3 is 5.97 Å². The van der Waals surface area contributed by atoms with Crippen LogP contribution in [0, 0.1) is 5.92 Å². The molecule has 1 aliphatic heterocycles. The van der Waals surface area contributed by atoms with Crippen LogP contribution in [0.25, 0.3) is 10.9 Å². The van der Waals surface area contributed by atoms with Crippen LogP contribution in [-0.2, 0) is 9.59 Å². The largest absolute Gasteiger partial charge is 0.481 e. The first-order chi connectivity index (χ1) is 13.0. The lowest BCUT2D eigenvalue weighted by Crippen LogP contribution is -2.46. The Balaban J connectivity index is 1.75. The SMILES string of the molecule is CCCCCN1CC(C(=O)O)C(NC(=O)c2cnc3ccccc3c2)C1=O. The van der Waals surface area contributed by atoms with Crippen LogP contribution in [0.2, 0.25) is 0 Å². The summed E-state index contributed by atoms with van der Waals surface area (Å²) < 4.78 is 0. The molecule has 0 aliphatic carbocycles. The Morgan fingerprint density at radius 3 is 2.81 bits per heavy atom. The van der Waals surface area contributed by atoms with Crippen LogP contribution in [0.4, 0.5) is 0 Å². The summed E-state index contributed by atoms with van der Waals surface area (Å²) in [5.41, 5.74) is 1.06. The zero-order valence-electron chi connectivity index (χ0n) is 15.2. The molecule has 0 bridgehead atoms. The fourth-order valence-electron chi connectivity index (χ4n) is 3.36. The monoisotopic (exact) mass is 369 g/mol. The molecule has 0 spiro atoms. The molecule has 1 aromatic heterocycles. The van der Waals surface area contributed by atoms with Gasteiger partial charge < -0.3 is 15.3 Å². The molecule has 7 heteroatoms. The molecule has 2 amide bonds. The molecular weight excluding hydrogens is 346 g/mol. The van der Waals surface area contributed by atoms with Crippen molar-refractivity contribution < 1.29 is 19.5 Å². The van der Waals surface area contributed by atoms with Crippen molar-refractivity contribution in [2.24, 2.45) is 5.92 Å². The molecule has 3 rings (SSSR count). The number of nitrogens with zero attached hydrogens (tertiary/aromatic N) is 2. The average Bonchev–Trinajstić information content (AvgIpc) is 2.98. The first-order valence-corrected chi connectivity index (χ1v) is 9.18. The lowest BCUT2D eigenvalue weighted by Gasteiger charge is -2.17. The van der Waals surface area contributed by atoms with E-state index in [1.54, 1.807) is 6.07 Å². The number of likely N-dealkylation sites (tertiary alicyclic amines) is 1. The summed E-state index contributed by atoms with van der Waals surface area (Å²) in [6, 6.07) is 8.02. The van der Waals surface area contributed by atoms with Crippen molar-refractivity contribution in [1.82, 2.24) is 15.2 Å². The van der Waals surface area contributed by atoms with Crippen LogP contribution in [0.1, 0.15) is 36.5 Å². The third-order valence-electron chi connectivity index (χ3n) is 4.89. The van der Waals surface area contributed by atoms with Gasteiger partial charge in [-0.05, 0) is 18.6 Å². The maximum Gasteiger partial charge on any atom is 0.310 e. The predicted molar refractivity (Wildman–Crippen MR) is 100 cm³/mol. The van der Waals surface area contributed by atoms with Crippen molar-refractivity contribution >= 4 is 28.7 Å². The first kappa shape index (κ1) is 18.8. The normalized spacial score (nSPS) is 19.4. The number of carboxylic acids is 1. The van der Waals surface area contributed by atoms with Gasteiger partial charge in [0.05, 0.1) is 11.1 Å². The van der Waals surface area contributed by atoms with Crippen LogP contribution in [0.15, 0.2) is 36.5 Å². The highest BCUT2D eigenvalue weighted by Crippen LogP contribution is 2.21. The fourth-order valence-corrected chi connectivity index (χ4v) is 3.36. The zero-order valence-corrected chi connectivity index (χ0v) is 15.2. The quantitative estimate of drug-likeness (QED) is 0.728. The van der Waals surface area contributed by atoms with E-state index in [0.717, 1.165) is 30.2 Å². The molecule has 1 saturated heterocycles. The molecule has 7 nitrogen and oxygen atoms in total. The number of pyridine rings is 1. The van der Waals surface area contributed by atoms with Crippen molar-refractivity contribution in [1.29, 1.82) is 0 Å².